The Kier molecular flexibility index (Phi) is 4.53. The van der Waals surface area contributed by atoms with Gasteiger partial charge in [0.2, 0.25) is 5.95 Å². The SMILES string of the molecule is CC(NC(=O)c1cc(F)cc(C#N)c1)c1nc(N)nn1-c1ncccn1. The summed E-state index contributed by atoms with van der Waals surface area (Å²) < 4.78 is 14.8. The van der Waals surface area contributed by atoms with Gasteiger partial charge < -0.3 is 11.1 Å². The van der Waals surface area contributed by atoms with E-state index in [1.165, 1.54) is 23.1 Å². The molecule has 3 aromatic rings. The topological polar surface area (TPSA) is 135 Å². The van der Waals surface area contributed by atoms with E-state index in [9.17, 15) is 9.18 Å². The highest BCUT2D eigenvalue weighted by molar-refractivity contribution is 5.94. The van der Waals surface area contributed by atoms with Gasteiger partial charge in [0.25, 0.3) is 11.9 Å². The predicted molar refractivity (Wildman–Crippen MR) is 88.4 cm³/mol. The second kappa shape index (κ2) is 6.94. The Bertz CT molecular complexity index is 995. The third-order valence-electron chi connectivity index (χ3n) is 3.41. The summed E-state index contributed by atoms with van der Waals surface area (Å²) in [6.07, 6.45) is 3.06. The van der Waals surface area contributed by atoms with E-state index in [1.54, 1.807) is 19.1 Å². The number of aromatic nitrogens is 5. The number of hydrogen-bond donors (Lipinski definition) is 2. The van der Waals surface area contributed by atoms with Crippen LogP contribution in [0.5, 0.6) is 0 Å². The molecule has 0 saturated carbocycles. The summed E-state index contributed by atoms with van der Waals surface area (Å²) in [6.45, 7) is 1.66. The van der Waals surface area contributed by atoms with Crippen molar-refractivity contribution in [3.63, 3.8) is 0 Å². The minimum atomic E-state index is -0.674. The summed E-state index contributed by atoms with van der Waals surface area (Å²) in [7, 11) is 0. The van der Waals surface area contributed by atoms with Gasteiger partial charge in [-0.1, -0.05) is 0 Å². The predicted octanol–water partition coefficient (Wildman–Crippen LogP) is 1.14. The molecule has 26 heavy (non-hydrogen) atoms. The highest BCUT2D eigenvalue weighted by Gasteiger charge is 2.21. The quantitative estimate of drug-likeness (QED) is 0.718. The van der Waals surface area contributed by atoms with Crippen LogP contribution in [0.15, 0.2) is 36.7 Å². The van der Waals surface area contributed by atoms with E-state index in [2.05, 4.69) is 25.4 Å². The number of carbonyl (C=O) groups is 1. The fourth-order valence-electron chi connectivity index (χ4n) is 2.30. The molecule has 2 aromatic heterocycles. The zero-order chi connectivity index (χ0) is 18.7. The van der Waals surface area contributed by atoms with Crippen LogP contribution in [-0.4, -0.2) is 30.6 Å². The molecule has 9 nitrogen and oxygen atoms in total. The van der Waals surface area contributed by atoms with Crippen molar-refractivity contribution in [1.82, 2.24) is 30.0 Å². The molecule has 130 valence electrons. The van der Waals surface area contributed by atoms with Crippen LogP contribution < -0.4 is 11.1 Å². The molecule has 2 heterocycles. The van der Waals surface area contributed by atoms with Crippen LogP contribution in [-0.2, 0) is 0 Å². The van der Waals surface area contributed by atoms with Crippen molar-refractivity contribution in [1.29, 1.82) is 5.26 Å². The van der Waals surface area contributed by atoms with E-state index < -0.39 is 17.8 Å². The van der Waals surface area contributed by atoms with Crippen LogP contribution in [0.2, 0.25) is 0 Å². The highest BCUT2D eigenvalue weighted by Crippen LogP contribution is 2.16. The van der Waals surface area contributed by atoms with Crippen LogP contribution in [0.4, 0.5) is 10.3 Å². The number of anilines is 1. The van der Waals surface area contributed by atoms with E-state index in [0.717, 1.165) is 12.1 Å². The van der Waals surface area contributed by atoms with Crippen LogP contribution in [0.3, 0.4) is 0 Å². The number of nitrogens with zero attached hydrogens (tertiary/aromatic N) is 6. The molecule has 0 aliphatic rings. The van der Waals surface area contributed by atoms with Crippen molar-refractivity contribution in [2.24, 2.45) is 0 Å². The monoisotopic (exact) mass is 352 g/mol. The fourth-order valence-corrected chi connectivity index (χ4v) is 2.30. The van der Waals surface area contributed by atoms with Gasteiger partial charge in [-0.15, -0.1) is 5.10 Å². The summed E-state index contributed by atoms with van der Waals surface area (Å²) in [4.78, 5) is 24.6. The van der Waals surface area contributed by atoms with E-state index in [4.69, 9.17) is 11.0 Å². The van der Waals surface area contributed by atoms with Crippen molar-refractivity contribution in [3.8, 4) is 12.0 Å². The molecule has 1 unspecified atom stereocenters. The molecular formula is C16H13FN8O. The second-order valence-electron chi connectivity index (χ2n) is 5.32. The Morgan fingerprint density at radius 3 is 2.77 bits per heavy atom. The molecule has 0 aliphatic carbocycles. The zero-order valence-electron chi connectivity index (χ0n) is 13.6. The van der Waals surface area contributed by atoms with E-state index in [1.807, 2.05) is 0 Å². The summed E-state index contributed by atoms with van der Waals surface area (Å²) in [5.41, 5.74) is 5.72. The highest BCUT2D eigenvalue weighted by atomic mass is 19.1. The number of benzene rings is 1. The molecule has 3 rings (SSSR count). The Hall–Kier alpha value is -3.87. The van der Waals surface area contributed by atoms with Crippen molar-refractivity contribution < 1.29 is 9.18 Å². The Labute approximate surface area is 147 Å². The number of nitriles is 1. The molecule has 10 heteroatoms. The zero-order valence-corrected chi connectivity index (χ0v) is 13.6. The van der Waals surface area contributed by atoms with Gasteiger partial charge >= 0.3 is 0 Å². The molecule has 0 spiro atoms. The average Bonchev–Trinajstić information content (AvgIpc) is 3.03. The normalized spacial score (nSPS) is 11.6. The first-order valence-electron chi connectivity index (χ1n) is 7.49. The van der Waals surface area contributed by atoms with Crippen LogP contribution in [0.1, 0.15) is 34.7 Å². The van der Waals surface area contributed by atoms with Gasteiger partial charge in [-0.2, -0.15) is 14.9 Å². The molecule has 1 atom stereocenters. The van der Waals surface area contributed by atoms with Gasteiger partial charge in [-0.25, -0.2) is 14.4 Å². The molecule has 1 amide bonds. The van der Waals surface area contributed by atoms with E-state index >= 15 is 0 Å². The van der Waals surface area contributed by atoms with E-state index in [-0.39, 0.29) is 23.0 Å². The molecular weight excluding hydrogens is 339 g/mol. The maximum Gasteiger partial charge on any atom is 0.252 e. The maximum absolute atomic E-state index is 13.5. The molecule has 0 bridgehead atoms. The van der Waals surface area contributed by atoms with Gasteiger partial charge in [0, 0.05) is 18.0 Å². The van der Waals surface area contributed by atoms with Crippen molar-refractivity contribution in [3.05, 3.63) is 59.4 Å². The van der Waals surface area contributed by atoms with Crippen LogP contribution >= 0.6 is 0 Å². The van der Waals surface area contributed by atoms with Gasteiger partial charge in [0.1, 0.15) is 5.82 Å². The average molecular weight is 352 g/mol. The Balaban J connectivity index is 1.87. The molecule has 0 radical (unpaired) electrons. The minimum Gasteiger partial charge on any atom is -0.366 e. The summed E-state index contributed by atoms with van der Waals surface area (Å²) in [5.74, 6) is -0.710. The Morgan fingerprint density at radius 2 is 2.08 bits per heavy atom. The number of nitrogens with one attached hydrogen (secondary N) is 1. The standard InChI is InChI=1S/C16H13FN8O/c1-9(22-14(26)11-5-10(8-18)6-12(17)7-11)13-23-15(19)24-25(13)16-20-3-2-4-21-16/h2-7,9H,1H3,(H2,19,24)(H,22,26). The van der Waals surface area contributed by atoms with Gasteiger partial charge in [0.15, 0.2) is 5.82 Å². The second-order valence-corrected chi connectivity index (χ2v) is 5.32. The largest absolute Gasteiger partial charge is 0.366 e. The lowest BCUT2D eigenvalue weighted by Gasteiger charge is -2.14. The number of amides is 1. The summed E-state index contributed by atoms with van der Waals surface area (Å²) >= 11 is 0. The summed E-state index contributed by atoms with van der Waals surface area (Å²) in [6, 6.07) is 6.20. The van der Waals surface area contributed by atoms with Crippen molar-refractivity contribution >= 4 is 11.9 Å². The first-order chi connectivity index (χ1) is 12.5. The lowest BCUT2D eigenvalue weighted by atomic mass is 10.1. The lowest BCUT2D eigenvalue weighted by molar-refractivity contribution is 0.0937. The fraction of sp³-hybridized carbons (Fsp3) is 0.125. The number of carbonyl (C=O) groups excluding carboxylic acids is 1. The number of halogens is 1. The van der Waals surface area contributed by atoms with Crippen molar-refractivity contribution in [2.45, 2.75) is 13.0 Å². The number of nitrogen functional groups attached to an aromatic ring is 1. The molecule has 1 aromatic carbocycles. The molecule has 3 N–H and O–H groups in total. The number of nitrogens with two attached hydrogens (primary N) is 1. The maximum atomic E-state index is 13.5. The van der Waals surface area contributed by atoms with Gasteiger partial charge in [-0.05, 0) is 31.2 Å². The number of rotatable bonds is 4. The van der Waals surface area contributed by atoms with Gasteiger partial charge in [-0.3, -0.25) is 4.79 Å². The lowest BCUT2D eigenvalue weighted by Crippen LogP contribution is -2.29. The van der Waals surface area contributed by atoms with Crippen LogP contribution in [0.25, 0.3) is 5.95 Å². The third kappa shape index (κ3) is 3.46. The minimum absolute atomic E-state index is 0.00826. The van der Waals surface area contributed by atoms with Crippen molar-refractivity contribution in [2.75, 3.05) is 5.73 Å². The molecule has 0 saturated heterocycles. The number of hydrogen-bond acceptors (Lipinski definition) is 7. The first-order valence-corrected chi connectivity index (χ1v) is 7.49. The Morgan fingerprint density at radius 1 is 1.35 bits per heavy atom. The molecule has 0 aliphatic heterocycles. The van der Waals surface area contributed by atoms with E-state index in [0.29, 0.717) is 5.82 Å². The summed E-state index contributed by atoms with van der Waals surface area (Å²) in [5, 5.41) is 15.6. The van der Waals surface area contributed by atoms with Crippen LogP contribution in [0, 0.1) is 17.1 Å². The molecule has 0 fully saturated rings. The first kappa shape index (κ1) is 17.0. The third-order valence-corrected chi connectivity index (χ3v) is 3.41. The smallest absolute Gasteiger partial charge is 0.252 e. The van der Waals surface area contributed by atoms with Gasteiger partial charge in [0.05, 0.1) is 17.7 Å².